The summed E-state index contributed by atoms with van der Waals surface area (Å²) in [5.41, 5.74) is 5.52. The molecule has 1 N–H and O–H groups in total. The molecule has 4 heterocycles. The van der Waals surface area contributed by atoms with E-state index in [1.165, 1.54) is 22.5 Å². The summed E-state index contributed by atoms with van der Waals surface area (Å²) in [6.07, 6.45) is 6.49. The van der Waals surface area contributed by atoms with Crippen LogP contribution in [0.3, 0.4) is 0 Å². The number of rotatable bonds is 12. The predicted molar refractivity (Wildman–Crippen MR) is 190 cm³/mol. The van der Waals surface area contributed by atoms with Crippen molar-refractivity contribution in [2.75, 3.05) is 31.1 Å². The number of carbonyl (C=O) groups is 3. The summed E-state index contributed by atoms with van der Waals surface area (Å²) < 4.78 is 0. The zero-order valence-corrected chi connectivity index (χ0v) is 29.0. The molecule has 0 bridgehead atoms. The van der Waals surface area contributed by atoms with E-state index in [1.54, 1.807) is 4.90 Å². The van der Waals surface area contributed by atoms with Crippen molar-refractivity contribution in [3.63, 3.8) is 0 Å². The van der Waals surface area contributed by atoms with Gasteiger partial charge >= 0.3 is 5.97 Å². The summed E-state index contributed by atoms with van der Waals surface area (Å²) in [6, 6.07) is 20.7. The summed E-state index contributed by atoms with van der Waals surface area (Å²) in [7, 11) is 0. The fraction of sp³-hybridized carbons (Fsp3) is 0.410. The second-order valence-electron chi connectivity index (χ2n) is 14.3. The maximum Gasteiger partial charge on any atom is 0.310 e. The number of amides is 1. The molecule has 1 atom stereocenters. The lowest BCUT2D eigenvalue weighted by Crippen LogP contribution is -2.55. The van der Waals surface area contributed by atoms with Gasteiger partial charge < -0.3 is 14.9 Å². The highest BCUT2D eigenvalue weighted by Gasteiger charge is 2.39. The van der Waals surface area contributed by atoms with Gasteiger partial charge in [-0.2, -0.15) is 0 Å². The van der Waals surface area contributed by atoms with Crippen LogP contribution in [0.15, 0.2) is 73.1 Å². The molecule has 0 radical (unpaired) electrons. The maximum absolute atomic E-state index is 13.5. The van der Waals surface area contributed by atoms with Crippen molar-refractivity contribution < 1.29 is 19.5 Å². The Morgan fingerprint density at radius 1 is 0.896 bits per heavy atom. The van der Waals surface area contributed by atoms with Gasteiger partial charge in [-0.1, -0.05) is 82.6 Å². The number of thiophene rings is 1. The minimum Gasteiger partial charge on any atom is -0.481 e. The Morgan fingerprint density at radius 3 is 2.12 bits per heavy atom. The summed E-state index contributed by atoms with van der Waals surface area (Å²) in [6.45, 7) is 10.8. The predicted octanol–water partition coefficient (Wildman–Crippen LogP) is 7.03. The van der Waals surface area contributed by atoms with Gasteiger partial charge in [0.25, 0.3) is 0 Å². The van der Waals surface area contributed by atoms with Gasteiger partial charge in [-0.25, -0.2) is 9.97 Å². The van der Waals surface area contributed by atoms with Crippen LogP contribution in [0, 0.1) is 11.8 Å². The van der Waals surface area contributed by atoms with Crippen molar-refractivity contribution in [2.45, 2.75) is 64.7 Å². The Bertz CT molecular complexity index is 1750. The third-order valence-corrected chi connectivity index (χ3v) is 11.1. The minimum atomic E-state index is -0.895. The van der Waals surface area contributed by atoms with Crippen molar-refractivity contribution in [1.29, 1.82) is 0 Å². The highest BCUT2D eigenvalue weighted by Crippen LogP contribution is 2.33. The first kappa shape index (κ1) is 33.5. The summed E-state index contributed by atoms with van der Waals surface area (Å²) in [5, 5.41) is 9.32. The van der Waals surface area contributed by atoms with Crippen molar-refractivity contribution in [1.82, 2.24) is 14.9 Å². The molecule has 2 aliphatic rings. The lowest BCUT2D eigenvalue weighted by Gasteiger charge is -2.41. The quantitative estimate of drug-likeness (QED) is 0.162. The van der Waals surface area contributed by atoms with Gasteiger partial charge in [0.1, 0.15) is 0 Å². The summed E-state index contributed by atoms with van der Waals surface area (Å²) in [4.78, 5) is 53.2. The molecule has 2 aromatic heterocycles. The lowest BCUT2D eigenvalue weighted by molar-refractivity contribution is -0.154. The Balaban J connectivity index is 1.09. The molecule has 0 saturated carbocycles. The number of aryl methyl sites for hydroxylation is 1. The van der Waals surface area contributed by atoms with Crippen LogP contribution in [0.5, 0.6) is 0 Å². The number of carboxylic acids is 1. The van der Waals surface area contributed by atoms with Crippen LogP contribution >= 0.6 is 11.3 Å². The van der Waals surface area contributed by atoms with Crippen molar-refractivity contribution in [3.8, 4) is 11.4 Å². The van der Waals surface area contributed by atoms with E-state index >= 15 is 0 Å². The fourth-order valence-corrected chi connectivity index (χ4v) is 7.40. The number of aromatic nitrogens is 2. The van der Waals surface area contributed by atoms with Gasteiger partial charge in [-0.05, 0) is 47.1 Å². The van der Waals surface area contributed by atoms with Gasteiger partial charge in [0.05, 0.1) is 28.9 Å². The molecule has 2 saturated heterocycles. The molecule has 6 rings (SSSR count). The van der Waals surface area contributed by atoms with Crippen LogP contribution in [-0.2, 0) is 27.8 Å². The molecule has 4 aromatic rings. The van der Waals surface area contributed by atoms with E-state index in [0.29, 0.717) is 23.0 Å². The van der Waals surface area contributed by atoms with E-state index in [-0.39, 0.29) is 36.6 Å². The van der Waals surface area contributed by atoms with Gasteiger partial charge in [-0.15, -0.1) is 11.3 Å². The van der Waals surface area contributed by atoms with Crippen LogP contribution in [0.25, 0.3) is 11.4 Å². The van der Waals surface area contributed by atoms with Gasteiger partial charge in [0.15, 0.2) is 11.6 Å². The average molecular weight is 665 g/mol. The minimum absolute atomic E-state index is 0.0623. The normalized spacial score (nSPS) is 15.9. The zero-order chi connectivity index (χ0) is 34.0. The van der Waals surface area contributed by atoms with E-state index < -0.39 is 17.8 Å². The second-order valence-corrected chi connectivity index (χ2v) is 15.4. The van der Waals surface area contributed by atoms with Gasteiger partial charge in [0, 0.05) is 54.9 Å². The van der Waals surface area contributed by atoms with E-state index in [0.717, 1.165) is 47.6 Å². The number of ketones is 1. The van der Waals surface area contributed by atoms with Gasteiger partial charge in [-0.3, -0.25) is 14.4 Å². The monoisotopic (exact) mass is 664 g/mol. The van der Waals surface area contributed by atoms with Crippen LogP contribution in [0.4, 0.5) is 5.69 Å². The molecular formula is C39H44N4O4S. The van der Waals surface area contributed by atoms with E-state index in [2.05, 4.69) is 66.8 Å². The smallest absolute Gasteiger partial charge is 0.310 e. The number of benzene rings is 2. The summed E-state index contributed by atoms with van der Waals surface area (Å²) >= 11 is 1.48. The highest BCUT2D eigenvalue weighted by atomic mass is 32.1. The van der Waals surface area contributed by atoms with E-state index in [4.69, 9.17) is 0 Å². The number of carbonyl (C=O) groups excluding carboxylic acids is 2. The number of anilines is 1. The largest absolute Gasteiger partial charge is 0.481 e. The van der Waals surface area contributed by atoms with Crippen molar-refractivity contribution in [3.05, 3.63) is 99.5 Å². The van der Waals surface area contributed by atoms with E-state index in [1.807, 2.05) is 48.8 Å². The topological polar surface area (TPSA) is 104 Å². The Hall–Kier alpha value is -4.37. The molecule has 9 heteroatoms. The average Bonchev–Trinajstić information content (AvgIpc) is 3.53. The lowest BCUT2D eigenvalue weighted by atomic mass is 9.89. The molecular weight excluding hydrogens is 621 g/mol. The van der Waals surface area contributed by atoms with Crippen molar-refractivity contribution in [2.24, 2.45) is 11.8 Å². The molecule has 250 valence electrons. The Morgan fingerprint density at radius 2 is 1.54 bits per heavy atom. The number of carboxylic acid groups (broad SMARTS) is 1. The first-order chi connectivity index (χ1) is 23.0. The number of hydrogen-bond acceptors (Lipinski definition) is 7. The molecule has 48 heavy (non-hydrogen) atoms. The number of aliphatic carboxylic acids is 1. The molecule has 1 unspecified atom stereocenters. The number of likely N-dealkylation sites (tertiary alicyclic amines) is 1. The number of Topliss-reactive ketones (excluding diaryl/α,β-unsaturated/α-hetero) is 1. The highest BCUT2D eigenvalue weighted by molar-refractivity contribution is 7.14. The molecule has 0 spiro atoms. The van der Waals surface area contributed by atoms with Crippen LogP contribution in [0.2, 0.25) is 0 Å². The second kappa shape index (κ2) is 14.0. The molecule has 1 amide bonds. The van der Waals surface area contributed by atoms with Crippen LogP contribution in [0.1, 0.15) is 77.7 Å². The standard InChI is InChI=1S/C39H44N4O4S/c1-5-6-25-7-11-27(12-8-25)30-21-42(22-30)32-19-40-36(41-20-32)28-13-9-26(10-14-28)17-29(37(45)43-23-31(24-43)38(46)47)18-33(44)34-15-16-35(48-34)39(2,3)4/h7-16,19-20,29-31H,5-6,17-18,21-24H2,1-4H3,(H,46,47). The first-order valence-electron chi connectivity index (χ1n) is 16.9. The Kier molecular flexibility index (Phi) is 9.78. The van der Waals surface area contributed by atoms with Crippen LogP contribution in [-0.4, -0.2) is 63.8 Å². The first-order valence-corrected chi connectivity index (χ1v) is 17.7. The molecule has 2 aromatic carbocycles. The fourth-order valence-electron chi connectivity index (χ4n) is 6.39. The molecule has 2 aliphatic heterocycles. The third-order valence-electron chi connectivity index (χ3n) is 9.51. The number of hydrogen-bond donors (Lipinski definition) is 1. The molecule has 0 aliphatic carbocycles. The van der Waals surface area contributed by atoms with E-state index in [9.17, 15) is 19.5 Å². The van der Waals surface area contributed by atoms with Gasteiger partial charge in [0.2, 0.25) is 5.91 Å². The number of nitrogens with zero attached hydrogens (tertiary/aromatic N) is 4. The third kappa shape index (κ3) is 7.51. The zero-order valence-electron chi connectivity index (χ0n) is 28.2. The maximum atomic E-state index is 13.5. The van der Waals surface area contributed by atoms with Crippen molar-refractivity contribution >= 4 is 34.7 Å². The molecule has 2 fully saturated rings. The van der Waals surface area contributed by atoms with Crippen LogP contribution < -0.4 is 4.90 Å². The molecule has 8 nitrogen and oxygen atoms in total. The Labute approximate surface area is 286 Å². The summed E-state index contributed by atoms with van der Waals surface area (Å²) in [5.74, 6) is -1.11. The SMILES string of the molecule is CCCc1ccc(C2CN(c3cnc(-c4ccc(CC(CC(=O)c5ccc(C(C)(C)C)s5)C(=O)N5CC(C(=O)O)C5)cc4)nc3)C2)cc1.